The number of esters is 1. The van der Waals surface area contributed by atoms with E-state index in [1.165, 1.54) is 7.11 Å². The molecule has 2 aromatic carbocycles. The molecule has 0 radical (unpaired) electrons. The van der Waals surface area contributed by atoms with Gasteiger partial charge in [-0.3, -0.25) is 0 Å². The van der Waals surface area contributed by atoms with Gasteiger partial charge in [-0.05, 0) is 36.4 Å². The lowest BCUT2D eigenvalue weighted by Crippen LogP contribution is -2.20. The summed E-state index contributed by atoms with van der Waals surface area (Å²) in [5.41, 5.74) is 1.66. The van der Waals surface area contributed by atoms with Gasteiger partial charge in [0.15, 0.2) is 0 Å². The van der Waals surface area contributed by atoms with Gasteiger partial charge in [-0.25, -0.2) is 9.59 Å². The van der Waals surface area contributed by atoms with Gasteiger partial charge in [-0.15, -0.1) is 0 Å². The average Bonchev–Trinajstić information content (AvgIpc) is 3.00. The number of carbonyl (C=O) groups is 2. The first kappa shape index (κ1) is 17.6. The monoisotopic (exact) mass is 373 g/mol. The van der Waals surface area contributed by atoms with Crippen LogP contribution in [0.5, 0.6) is 5.75 Å². The Morgan fingerprint density at radius 2 is 1.77 bits per heavy atom. The van der Waals surface area contributed by atoms with Gasteiger partial charge in [0.2, 0.25) is 0 Å². The molecule has 0 bridgehead atoms. The SMILES string of the molecule is COC(=O)c1[nH]c2cc(OC)ccc2c1NC(=O)Nc1ccc(Cl)cc1. The summed E-state index contributed by atoms with van der Waals surface area (Å²) < 4.78 is 9.97. The van der Waals surface area contributed by atoms with Crippen molar-refractivity contribution < 1.29 is 19.1 Å². The van der Waals surface area contributed by atoms with Gasteiger partial charge in [-0.1, -0.05) is 11.6 Å². The first-order valence-corrected chi connectivity index (χ1v) is 8.01. The molecule has 2 amide bonds. The Hall–Kier alpha value is -3.19. The zero-order valence-corrected chi connectivity index (χ0v) is 14.8. The van der Waals surface area contributed by atoms with Crippen LogP contribution in [0.15, 0.2) is 42.5 Å². The van der Waals surface area contributed by atoms with Gasteiger partial charge < -0.3 is 25.1 Å². The van der Waals surface area contributed by atoms with Crippen LogP contribution in [0.3, 0.4) is 0 Å². The summed E-state index contributed by atoms with van der Waals surface area (Å²) in [5.74, 6) is 0.0225. The lowest BCUT2D eigenvalue weighted by atomic mass is 10.2. The van der Waals surface area contributed by atoms with E-state index in [-0.39, 0.29) is 5.69 Å². The van der Waals surface area contributed by atoms with Crippen molar-refractivity contribution in [3.63, 3.8) is 0 Å². The van der Waals surface area contributed by atoms with E-state index in [0.29, 0.717) is 33.0 Å². The minimum Gasteiger partial charge on any atom is -0.497 e. The van der Waals surface area contributed by atoms with Crippen molar-refractivity contribution in [3.8, 4) is 5.75 Å². The molecule has 3 rings (SSSR count). The summed E-state index contributed by atoms with van der Waals surface area (Å²) in [6, 6.07) is 11.4. The highest BCUT2D eigenvalue weighted by molar-refractivity contribution is 6.30. The van der Waals surface area contributed by atoms with Crippen LogP contribution < -0.4 is 15.4 Å². The van der Waals surface area contributed by atoms with E-state index in [0.717, 1.165) is 0 Å². The van der Waals surface area contributed by atoms with E-state index >= 15 is 0 Å². The van der Waals surface area contributed by atoms with Crippen LogP contribution in [0.1, 0.15) is 10.5 Å². The van der Waals surface area contributed by atoms with Crippen molar-refractivity contribution in [2.24, 2.45) is 0 Å². The number of nitrogens with one attached hydrogen (secondary N) is 3. The van der Waals surface area contributed by atoms with Gasteiger partial charge in [0, 0.05) is 22.2 Å². The van der Waals surface area contributed by atoms with Crippen molar-refractivity contribution in [3.05, 3.63) is 53.2 Å². The summed E-state index contributed by atoms with van der Waals surface area (Å²) in [7, 11) is 2.82. The Balaban J connectivity index is 1.92. The summed E-state index contributed by atoms with van der Waals surface area (Å²) >= 11 is 5.83. The van der Waals surface area contributed by atoms with E-state index < -0.39 is 12.0 Å². The number of amides is 2. The predicted octanol–water partition coefficient (Wildman–Crippen LogP) is 4.26. The fourth-order valence-corrected chi connectivity index (χ4v) is 2.62. The highest BCUT2D eigenvalue weighted by Crippen LogP contribution is 2.31. The third kappa shape index (κ3) is 3.57. The fraction of sp³-hybridized carbons (Fsp3) is 0.111. The fourth-order valence-electron chi connectivity index (χ4n) is 2.50. The highest BCUT2D eigenvalue weighted by Gasteiger charge is 2.20. The largest absolute Gasteiger partial charge is 0.497 e. The zero-order chi connectivity index (χ0) is 18.7. The van der Waals surface area contributed by atoms with Crippen LogP contribution in [-0.4, -0.2) is 31.2 Å². The number of fused-ring (bicyclic) bond motifs is 1. The standard InChI is InChI=1S/C18H16ClN3O4/c1-25-12-7-8-13-14(9-12)21-16(17(23)26-2)15(13)22-18(24)20-11-5-3-10(19)4-6-11/h3-9,21H,1-2H3,(H2,20,22,24). The average molecular weight is 374 g/mol. The molecule has 0 aliphatic carbocycles. The van der Waals surface area contributed by atoms with Crippen molar-refractivity contribution in [1.29, 1.82) is 0 Å². The molecule has 0 atom stereocenters. The summed E-state index contributed by atoms with van der Waals surface area (Å²) in [6.45, 7) is 0. The van der Waals surface area contributed by atoms with Crippen LogP contribution in [0.2, 0.25) is 5.02 Å². The third-order valence-electron chi connectivity index (χ3n) is 3.74. The van der Waals surface area contributed by atoms with E-state index in [4.69, 9.17) is 21.1 Å². The number of benzene rings is 2. The normalized spacial score (nSPS) is 10.4. The maximum atomic E-state index is 12.3. The lowest BCUT2D eigenvalue weighted by Gasteiger charge is -2.09. The van der Waals surface area contributed by atoms with Crippen LogP contribution in [0.4, 0.5) is 16.2 Å². The van der Waals surface area contributed by atoms with Gasteiger partial charge in [0.1, 0.15) is 11.4 Å². The minimum absolute atomic E-state index is 0.141. The number of carbonyl (C=O) groups excluding carboxylic acids is 2. The van der Waals surface area contributed by atoms with Crippen LogP contribution in [0, 0.1) is 0 Å². The molecule has 0 saturated heterocycles. The molecule has 0 aliphatic rings. The Labute approximate surface area is 154 Å². The van der Waals surface area contributed by atoms with Crippen LogP contribution >= 0.6 is 11.6 Å². The molecule has 3 aromatic rings. The maximum Gasteiger partial charge on any atom is 0.356 e. The second kappa shape index (κ2) is 7.37. The summed E-state index contributed by atoms with van der Waals surface area (Å²) in [5, 5.41) is 6.59. The number of hydrogen-bond donors (Lipinski definition) is 3. The molecule has 3 N–H and O–H groups in total. The molecule has 0 saturated carbocycles. The van der Waals surface area contributed by atoms with E-state index in [9.17, 15) is 9.59 Å². The highest BCUT2D eigenvalue weighted by atomic mass is 35.5. The number of aromatic amines is 1. The number of halogens is 1. The summed E-state index contributed by atoms with van der Waals surface area (Å²) in [4.78, 5) is 27.4. The number of urea groups is 1. The predicted molar refractivity (Wildman–Crippen MR) is 100 cm³/mol. The molecule has 26 heavy (non-hydrogen) atoms. The van der Waals surface area contributed by atoms with Gasteiger partial charge in [0.25, 0.3) is 0 Å². The third-order valence-corrected chi connectivity index (χ3v) is 3.99. The number of H-pyrrole nitrogens is 1. The second-order valence-corrected chi connectivity index (χ2v) is 5.80. The van der Waals surface area contributed by atoms with Crippen molar-refractivity contribution >= 4 is 45.9 Å². The van der Waals surface area contributed by atoms with E-state index in [1.54, 1.807) is 49.6 Å². The smallest absolute Gasteiger partial charge is 0.356 e. The Morgan fingerprint density at radius 3 is 2.42 bits per heavy atom. The first-order chi connectivity index (χ1) is 12.5. The Kier molecular flexibility index (Phi) is 4.99. The molecule has 0 fully saturated rings. The number of hydrogen-bond acceptors (Lipinski definition) is 4. The topological polar surface area (TPSA) is 92.5 Å². The van der Waals surface area contributed by atoms with Crippen LogP contribution in [-0.2, 0) is 4.74 Å². The van der Waals surface area contributed by atoms with Crippen molar-refractivity contribution in [2.45, 2.75) is 0 Å². The zero-order valence-electron chi connectivity index (χ0n) is 14.1. The minimum atomic E-state index is -0.595. The molecule has 7 nitrogen and oxygen atoms in total. The molecule has 0 unspecified atom stereocenters. The molecule has 8 heteroatoms. The quantitative estimate of drug-likeness (QED) is 0.596. The molecular weight excluding hydrogens is 358 g/mol. The van der Waals surface area contributed by atoms with Gasteiger partial charge in [-0.2, -0.15) is 0 Å². The lowest BCUT2D eigenvalue weighted by molar-refractivity contribution is 0.0596. The number of methoxy groups -OCH3 is 2. The number of aromatic nitrogens is 1. The number of rotatable bonds is 4. The van der Waals surface area contributed by atoms with Gasteiger partial charge >= 0.3 is 12.0 Å². The summed E-state index contributed by atoms with van der Waals surface area (Å²) in [6.07, 6.45) is 0. The maximum absolute atomic E-state index is 12.3. The molecular formula is C18H16ClN3O4. The molecule has 0 spiro atoms. The molecule has 1 heterocycles. The van der Waals surface area contributed by atoms with E-state index in [1.807, 2.05) is 0 Å². The molecule has 0 aliphatic heterocycles. The van der Waals surface area contributed by atoms with Gasteiger partial charge in [0.05, 0.1) is 25.4 Å². The number of ether oxygens (including phenoxy) is 2. The molecule has 134 valence electrons. The van der Waals surface area contributed by atoms with Crippen molar-refractivity contribution in [2.75, 3.05) is 24.9 Å². The first-order valence-electron chi connectivity index (χ1n) is 7.63. The Bertz CT molecular complexity index is 966. The molecule has 1 aromatic heterocycles. The van der Waals surface area contributed by atoms with Crippen molar-refractivity contribution in [1.82, 2.24) is 4.98 Å². The Morgan fingerprint density at radius 1 is 1.04 bits per heavy atom. The second-order valence-electron chi connectivity index (χ2n) is 5.36. The number of anilines is 2. The van der Waals surface area contributed by atoms with Crippen LogP contribution in [0.25, 0.3) is 10.9 Å². The van der Waals surface area contributed by atoms with E-state index in [2.05, 4.69) is 15.6 Å².